The fourth-order valence-corrected chi connectivity index (χ4v) is 2.79. The van der Waals surface area contributed by atoms with E-state index in [0.29, 0.717) is 5.92 Å². The van der Waals surface area contributed by atoms with Crippen LogP contribution in [0.3, 0.4) is 0 Å². The van der Waals surface area contributed by atoms with Crippen molar-refractivity contribution in [3.63, 3.8) is 0 Å². The number of aromatic amines is 1. The maximum Gasteiger partial charge on any atom is 0.0696 e. The quantitative estimate of drug-likeness (QED) is 0.830. The number of nitrogens with one attached hydrogen (secondary N) is 1. The van der Waals surface area contributed by atoms with E-state index in [1.54, 1.807) is 0 Å². The number of aromatic nitrogens is 2. The summed E-state index contributed by atoms with van der Waals surface area (Å²) < 4.78 is 0. The molecule has 0 spiro atoms. The molecule has 2 rings (SSSR count). The summed E-state index contributed by atoms with van der Waals surface area (Å²) in [6.45, 7) is 4.50. The molecule has 1 aromatic heterocycles. The summed E-state index contributed by atoms with van der Waals surface area (Å²) in [5.41, 5.74) is 4.09. The first-order valence-electron chi connectivity index (χ1n) is 5.84. The summed E-state index contributed by atoms with van der Waals surface area (Å²) in [6, 6.07) is 0. The highest BCUT2D eigenvalue weighted by molar-refractivity contribution is 9.08. The minimum absolute atomic E-state index is 0.692. The predicted octanol–water partition coefficient (Wildman–Crippen LogP) is 3.77. The van der Waals surface area contributed by atoms with E-state index < -0.39 is 0 Å². The third kappa shape index (κ3) is 2.27. The largest absolute Gasteiger partial charge is 0.282 e. The predicted molar refractivity (Wildman–Crippen MR) is 66.4 cm³/mol. The minimum Gasteiger partial charge on any atom is -0.282 e. The molecule has 1 aliphatic carbocycles. The number of alkyl halides is 1. The Hall–Kier alpha value is -0.310. The van der Waals surface area contributed by atoms with Crippen molar-refractivity contribution in [2.24, 2.45) is 5.92 Å². The van der Waals surface area contributed by atoms with E-state index in [2.05, 4.69) is 40.0 Å². The van der Waals surface area contributed by atoms with Crippen LogP contribution in [-0.2, 0) is 11.8 Å². The lowest BCUT2D eigenvalue weighted by atomic mass is 9.81. The lowest BCUT2D eigenvalue weighted by molar-refractivity contribution is 0.409. The SMILES string of the molecule is CC(C)Cc1[nH]nc(C2CCC2)c1CBr. The van der Waals surface area contributed by atoms with Crippen LogP contribution in [0.1, 0.15) is 56.0 Å². The molecule has 0 unspecified atom stereocenters. The molecule has 0 saturated heterocycles. The van der Waals surface area contributed by atoms with Crippen molar-refractivity contribution in [2.75, 3.05) is 0 Å². The smallest absolute Gasteiger partial charge is 0.0696 e. The third-order valence-corrected chi connectivity index (χ3v) is 3.78. The molecule has 1 N–H and O–H groups in total. The molecule has 0 radical (unpaired) electrons. The zero-order valence-corrected chi connectivity index (χ0v) is 11.1. The van der Waals surface area contributed by atoms with Crippen LogP contribution in [-0.4, -0.2) is 10.2 Å². The average Bonchev–Trinajstić information content (AvgIpc) is 2.44. The molecule has 0 aromatic carbocycles. The van der Waals surface area contributed by atoms with Gasteiger partial charge in [-0.2, -0.15) is 5.10 Å². The molecule has 2 nitrogen and oxygen atoms in total. The van der Waals surface area contributed by atoms with Gasteiger partial charge in [0.15, 0.2) is 0 Å². The fraction of sp³-hybridized carbons (Fsp3) is 0.750. The van der Waals surface area contributed by atoms with Crippen LogP contribution in [0.15, 0.2) is 0 Å². The van der Waals surface area contributed by atoms with Crippen LogP contribution in [0.4, 0.5) is 0 Å². The molecule has 1 aliphatic rings. The van der Waals surface area contributed by atoms with E-state index >= 15 is 0 Å². The van der Waals surface area contributed by atoms with Crippen molar-refractivity contribution in [3.05, 3.63) is 17.0 Å². The van der Waals surface area contributed by atoms with Crippen LogP contribution in [0.5, 0.6) is 0 Å². The maximum atomic E-state index is 4.51. The first-order valence-corrected chi connectivity index (χ1v) is 6.96. The Bertz CT molecular complexity index is 326. The van der Waals surface area contributed by atoms with Gasteiger partial charge in [0, 0.05) is 22.5 Å². The van der Waals surface area contributed by atoms with Crippen LogP contribution in [0, 0.1) is 5.92 Å². The Morgan fingerprint density at radius 2 is 2.20 bits per heavy atom. The zero-order chi connectivity index (χ0) is 10.8. The van der Waals surface area contributed by atoms with Gasteiger partial charge >= 0.3 is 0 Å². The monoisotopic (exact) mass is 270 g/mol. The van der Waals surface area contributed by atoms with Gasteiger partial charge in [-0.3, -0.25) is 5.10 Å². The van der Waals surface area contributed by atoms with Gasteiger partial charge in [0.2, 0.25) is 0 Å². The molecule has 0 aliphatic heterocycles. The van der Waals surface area contributed by atoms with Gasteiger partial charge in [0.25, 0.3) is 0 Å². The summed E-state index contributed by atoms with van der Waals surface area (Å²) in [4.78, 5) is 0. The van der Waals surface area contributed by atoms with Gasteiger partial charge in [-0.15, -0.1) is 0 Å². The van der Waals surface area contributed by atoms with Gasteiger partial charge in [-0.1, -0.05) is 36.2 Å². The molecule has 0 atom stereocenters. The van der Waals surface area contributed by atoms with E-state index in [9.17, 15) is 0 Å². The van der Waals surface area contributed by atoms with Gasteiger partial charge < -0.3 is 0 Å². The highest BCUT2D eigenvalue weighted by atomic mass is 79.9. The summed E-state index contributed by atoms with van der Waals surface area (Å²) >= 11 is 3.59. The van der Waals surface area contributed by atoms with Crippen LogP contribution in [0.2, 0.25) is 0 Å². The summed E-state index contributed by atoms with van der Waals surface area (Å²) in [7, 11) is 0. The molecule has 0 amide bonds. The van der Waals surface area contributed by atoms with Crippen molar-refractivity contribution < 1.29 is 0 Å². The molecule has 1 heterocycles. The Morgan fingerprint density at radius 3 is 2.67 bits per heavy atom. The molecule has 3 heteroatoms. The Kier molecular flexibility index (Phi) is 3.49. The standard InChI is InChI=1S/C12H19BrN2/c1-8(2)6-11-10(7-13)12(15-14-11)9-4-3-5-9/h8-9H,3-7H2,1-2H3,(H,14,15). The van der Waals surface area contributed by atoms with Crippen molar-refractivity contribution in [1.82, 2.24) is 10.2 Å². The lowest BCUT2D eigenvalue weighted by Gasteiger charge is -2.24. The number of hydrogen-bond acceptors (Lipinski definition) is 1. The molecular formula is C12H19BrN2. The van der Waals surface area contributed by atoms with Crippen LogP contribution >= 0.6 is 15.9 Å². The van der Waals surface area contributed by atoms with E-state index in [4.69, 9.17) is 0 Å². The van der Waals surface area contributed by atoms with Crippen LogP contribution < -0.4 is 0 Å². The Labute approximate surface area is 100.0 Å². The molecule has 84 valence electrons. The number of rotatable bonds is 4. The van der Waals surface area contributed by atoms with Gasteiger partial charge in [0.1, 0.15) is 0 Å². The lowest BCUT2D eigenvalue weighted by Crippen LogP contribution is -2.11. The summed E-state index contributed by atoms with van der Waals surface area (Å²) in [6.07, 6.45) is 5.14. The first kappa shape index (κ1) is 11.2. The first-order chi connectivity index (χ1) is 7.22. The summed E-state index contributed by atoms with van der Waals surface area (Å²) in [5, 5.41) is 8.67. The number of hydrogen-bond donors (Lipinski definition) is 1. The molecule has 1 saturated carbocycles. The highest BCUT2D eigenvalue weighted by Crippen LogP contribution is 2.38. The Balaban J connectivity index is 2.20. The zero-order valence-electron chi connectivity index (χ0n) is 9.52. The normalized spacial score (nSPS) is 17.1. The van der Waals surface area contributed by atoms with Crippen molar-refractivity contribution in [2.45, 2.75) is 50.8 Å². The topological polar surface area (TPSA) is 28.7 Å². The molecular weight excluding hydrogens is 252 g/mol. The molecule has 15 heavy (non-hydrogen) atoms. The second-order valence-electron chi connectivity index (χ2n) is 4.93. The number of halogens is 1. The molecule has 1 fully saturated rings. The summed E-state index contributed by atoms with van der Waals surface area (Å²) in [5.74, 6) is 1.42. The van der Waals surface area contributed by atoms with E-state index in [1.807, 2.05) is 0 Å². The molecule has 1 aromatic rings. The van der Waals surface area contributed by atoms with E-state index in [0.717, 1.165) is 17.7 Å². The number of H-pyrrole nitrogens is 1. The minimum atomic E-state index is 0.692. The van der Waals surface area contributed by atoms with E-state index in [-0.39, 0.29) is 0 Å². The van der Waals surface area contributed by atoms with Gasteiger partial charge in [0.05, 0.1) is 5.69 Å². The van der Waals surface area contributed by atoms with Gasteiger partial charge in [-0.05, 0) is 25.2 Å². The Morgan fingerprint density at radius 1 is 1.47 bits per heavy atom. The van der Waals surface area contributed by atoms with Crippen molar-refractivity contribution in [3.8, 4) is 0 Å². The fourth-order valence-electron chi connectivity index (χ4n) is 2.16. The third-order valence-electron chi connectivity index (χ3n) is 3.22. The van der Waals surface area contributed by atoms with E-state index in [1.165, 1.54) is 36.2 Å². The molecule has 0 bridgehead atoms. The second-order valence-corrected chi connectivity index (χ2v) is 5.49. The van der Waals surface area contributed by atoms with Crippen molar-refractivity contribution in [1.29, 1.82) is 0 Å². The number of nitrogens with zero attached hydrogens (tertiary/aromatic N) is 1. The van der Waals surface area contributed by atoms with Crippen molar-refractivity contribution >= 4 is 15.9 Å². The van der Waals surface area contributed by atoms with Crippen LogP contribution in [0.25, 0.3) is 0 Å². The highest BCUT2D eigenvalue weighted by Gasteiger charge is 2.26. The van der Waals surface area contributed by atoms with Gasteiger partial charge in [-0.25, -0.2) is 0 Å². The second kappa shape index (κ2) is 4.69. The maximum absolute atomic E-state index is 4.51. The average molecular weight is 271 g/mol.